The van der Waals surface area contributed by atoms with Gasteiger partial charge in [-0.2, -0.15) is 5.10 Å². The van der Waals surface area contributed by atoms with Crippen molar-refractivity contribution < 1.29 is 4.79 Å². The first-order valence-electron chi connectivity index (χ1n) is 9.15. The summed E-state index contributed by atoms with van der Waals surface area (Å²) in [6, 6.07) is 5.36. The lowest BCUT2D eigenvalue weighted by Gasteiger charge is -2.20. The first-order valence-corrected chi connectivity index (χ1v) is 10.1. The molecule has 0 saturated heterocycles. The van der Waals surface area contributed by atoms with Crippen LogP contribution in [0.25, 0.3) is 11.0 Å². The lowest BCUT2D eigenvalue weighted by atomic mass is 10.1. The summed E-state index contributed by atoms with van der Waals surface area (Å²) < 4.78 is 3.42. The van der Waals surface area contributed by atoms with Gasteiger partial charge in [-0.15, -0.1) is 0 Å². The van der Waals surface area contributed by atoms with E-state index in [2.05, 4.69) is 20.4 Å². The van der Waals surface area contributed by atoms with Crippen molar-refractivity contribution >= 4 is 28.7 Å². The maximum atomic E-state index is 13.0. The van der Waals surface area contributed by atoms with Gasteiger partial charge in [0.2, 0.25) is 5.91 Å². The van der Waals surface area contributed by atoms with E-state index >= 15 is 0 Å². The molecule has 28 heavy (non-hydrogen) atoms. The number of hydrogen-bond acceptors (Lipinski definition) is 6. The summed E-state index contributed by atoms with van der Waals surface area (Å²) in [5.41, 5.74) is 0.986. The molecule has 8 nitrogen and oxygen atoms in total. The summed E-state index contributed by atoms with van der Waals surface area (Å²) in [6.07, 6.45) is 3.50. The Labute approximate surface area is 166 Å². The van der Waals surface area contributed by atoms with Crippen LogP contribution in [0.4, 0.5) is 0 Å². The van der Waals surface area contributed by atoms with E-state index < -0.39 is 0 Å². The van der Waals surface area contributed by atoms with Gasteiger partial charge in [0.25, 0.3) is 5.56 Å². The molecule has 0 fully saturated rings. The first-order chi connectivity index (χ1) is 13.3. The van der Waals surface area contributed by atoms with Crippen molar-refractivity contribution in [2.75, 3.05) is 5.75 Å². The molecule has 0 aromatic carbocycles. The molecule has 0 aliphatic carbocycles. The highest BCUT2D eigenvalue weighted by Gasteiger charge is 2.30. The van der Waals surface area contributed by atoms with Crippen LogP contribution >= 0.6 is 11.8 Å². The fraction of sp³-hybridized carbons (Fsp3) is 0.421. The SMILES string of the molecule is CC(C)(C)n1ncc2c(=O)n3c(nc21)SCC3CC(=O)NCc1ccccn1. The van der Waals surface area contributed by atoms with Crippen LogP contribution in [-0.4, -0.2) is 36.0 Å². The van der Waals surface area contributed by atoms with Crippen LogP contribution in [0.3, 0.4) is 0 Å². The first kappa shape index (κ1) is 18.7. The van der Waals surface area contributed by atoms with Gasteiger partial charge in [0.1, 0.15) is 5.39 Å². The predicted molar refractivity (Wildman–Crippen MR) is 107 cm³/mol. The normalized spacial score (nSPS) is 16.3. The molecule has 0 spiro atoms. The van der Waals surface area contributed by atoms with Gasteiger partial charge in [0.05, 0.1) is 30.0 Å². The molecule has 3 aromatic rings. The lowest BCUT2D eigenvalue weighted by Crippen LogP contribution is -2.31. The molecule has 0 bridgehead atoms. The van der Waals surface area contributed by atoms with Crippen molar-refractivity contribution in [2.45, 2.75) is 50.5 Å². The van der Waals surface area contributed by atoms with Gasteiger partial charge >= 0.3 is 0 Å². The van der Waals surface area contributed by atoms with E-state index in [1.807, 2.05) is 39.0 Å². The van der Waals surface area contributed by atoms with Crippen LogP contribution < -0.4 is 10.9 Å². The second kappa shape index (κ2) is 7.05. The molecule has 1 aliphatic rings. The number of nitrogens with zero attached hydrogens (tertiary/aromatic N) is 5. The minimum absolute atomic E-state index is 0.110. The van der Waals surface area contributed by atoms with E-state index in [1.165, 1.54) is 11.8 Å². The Kier molecular flexibility index (Phi) is 4.70. The van der Waals surface area contributed by atoms with Crippen molar-refractivity contribution in [2.24, 2.45) is 0 Å². The molecule has 9 heteroatoms. The van der Waals surface area contributed by atoms with Gasteiger partial charge < -0.3 is 5.32 Å². The molecular weight excluding hydrogens is 376 g/mol. The Morgan fingerprint density at radius 2 is 2.18 bits per heavy atom. The minimum atomic E-state index is -0.270. The molecular formula is C19H22N6O2S. The summed E-state index contributed by atoms with van der Waals surface area (Å²) >= 11 is 1.50. The second-order valence-corrected chi connectivity index (χ2v) is 8.79. The highest BCUT2D eigenvalue weighted by molar-refractivity contribution is 7.99. The number of hydrogen-bond donors (Lipinski definition) is 1. The zero-order chi connectivity index (χ0) is 19.9. The molecule has 146 valence electrons. The zero-order valence-electron chi connectivity index (χ0n) is 16.0. The molecule has 4 rings (SSSR count). The number of carbonyl (C=O) groups is 1. The van der Waals surface area contributed by atoms with E-state index in [0.717, 1.165) is 5.69 Å². The van der Waals surface area contributed by atoms with E-state index in [4.69, 9.17) is 0 Å². The number of pyridine rings is 1. The lowest BCUT2D eigenvalue weighted by molar-refractivity contribution is -0.121. The third-order valence-electron chi connectivity index (χ3n) is 4.62. The summed E-state index contributed by atoms with van der Waals surface area (Å²) in [7, 11) is 0. The van der Waals surface area contributed by atoms with Crippen LogP contribution in [0.5, 0.6) is 0 Å². The van der Waals surface area contributed by atoms with Crippen molar-refractivity contribution in [1.82, 2.24) is 29.6 Å². The third-order valence-corrected chi connectivity index (χ3v) is 5.72. The van der Waals surface area contributed by atoms with Crippen molar-refractivity contribution in [3.05, 3.63) is 46.6 Å². The number of fused-ring (bicyclic) bond motifs is 2. The maximum absolute atomic E-state index is 13.0. The predicted octanol–water partition coefficient (Wildman–Crippen LogP) is 2.10. The molecule has 1 N–H and O–H groups in total. The monoisotopic (exact) mass is 398 g/mol. The van der Waals surface area contributed by atoms with Gasteiger partial charge in [0.15, 0.2) is 10.8 Å². The molecule has 1 aliphatic heterocycles. The number of thioether (sulfide) groups is 1. The number of rotatable bonds is 4. The van der Waals surface area contributed by atoms with Crippen LogP contribution in [0.1, 0.15) is 38.9 Å². The highest BCUT2D eigenvalue weighted by atomic mass is 32.2. The molecule has 4 heterocycles. The van der Waals surface area contributed by atoms with Gasteiger partial charge in [-0.05, 0) is 32.9 Å². The standard InChI is InChI=1S/C19H22N6O2S/c1-19(2,3)25-16-14(10-22-25)17(27)24-13(11-28-18(24)23-16)8-15(26)21-9-12-6-4-5-7-20-12/h4-7,10,13H,8-9,11H2,1-3H3,(H,21,26). The largest absolute Gasteiger partial charge is 0.350 e. The van der Waals surface area contributed by atoms with Gasteiger partial charge in [-0.3, -0.25) is 19.1 Å². The van der Waals surface area contributed by atoms with E-state index in [1.54, 1.807) is 21.6 Å². The van der Waals surface area contributed by atoms with Crippen LogP contribution in [-0.2, 0) is 16.9 Å². The Bertz CT molecular complexity index is 1080. The fourth-order valence-electron chi connectivity index (χ4n) is 3.25. The number of nitrogens with one attached hydrogen (secondary N) is 1. The maximum Gasteiger partial charge on any atom is 0.265 e. The molecule has 0 radical (unpaired) electrons. The van der Waals surface area contributed by atoms with Crippen molar-refractivity contribution in [3.8, 4) is 0 Å². The summed E-state index contributed by atoms with van der Waals surface area (Å²) in [4.78, 5) is 34.3. The van der Waals surface area contributed by atoms with Crippen molar-refractivity contribution in [3.63, 3.8) is 0 Å². The number of amides is 1. The summed E-state index contributed by atoms with van der Waals surface area (Å²) in [6.45, 7) is 6.44. The van der Waals surface area contributed by atoms with E-state index in [-0.39, 0.29) is 29.5 Å². The van der Waals surface area contributed by atoms with Crippen LogP contribution in [0.15, 0.2) is 40.5 Å². The third kappa shape index (κ3) is 3.42. The van der Waals surface area contributed by atoms with Gasteiger partial charge in [-0.25, -0.2) is 9.67 Å². The van der Waals surface area contributed by atoms with Crippen LogP contribution in [0.2, 0.25) is 0 Å². The molecule has 1 unspecified atom stereocenters. The Morgan fingerprint density at radius 1 is 1.36 bits per heavy atom. The van der Waals surface area contributed by atoms with Gasteiger partial charge in [-0.1, -0.05) is 17.8 Å². The highest BCUT2D eigenvalue weighted by Crippen LogP contribution is 2.33. The average molecular weight is 398 g/mol. The molecule has 3 aromatic heterocycles. The van der Waals surface area contributed by atoms with Crippen molar-refractivity contribution in [1.29, 1.82) is 0 Å². The second-order valence-electron chi connectivity index (χ2n) is 7.80. The molecule has 1 atom stereocenters. The molecule has 0 saturated carbocycles. The quantitative estimate of drug-likeness (QED) is 0.677. The van der Waals surface area contributed by atoms with E-state index in [9.17, 15) is 9.59 Å². The number of carbonyl (C=O) groups excluding carboxylic acids is 1. The Hall–Kier alpha value is -2.68. The Balaban J connectivity index is 1.56. The zero-order valence-corrected chi connectivity index (χ0v) is 16.9. The summed E-state index contributed by atoms with van der Waals surface area (Å²) in [5, 5.41) is 8.37. The van der Waals surface area contributed by atoms with Gasteiger partial charge in [0, 0.05) is 18.4 Å². The topological polar surface area (TPSA) is 94.7 Å². The number of aromatic nitrogens is 5. The fourth-order valence-corrected chi connectivity index (χ4v) is 4.38. The smallest absolute Gasteiger partial charge is 0.265 e. The Morgan fingerprint density at radius 3 is 2.89 bits per heavy atom. The van der Waals surface area contributed by atoms with E-state index in [0.29, 0.717) is 28.5 Å². The van der Waals surface area contributed by atoms with Crippen LogP contribution in [0, 0.1) is 0 Å². The molecule has 1 amide bonds. The summed E-state index contributed by atoms with van der Waals surface area (Å²) in [5.74, 6) is 0.538. The minimum Gasteiger partial charge on any atom is -0.350 e. The average Bonchev–Trinajstić information content (AvgIpc) is 3.26.